The lowest BCUT2D eigenvalue weighted by Crippen LogP contribution is -2.39. The van der Waals surface area contributed by atoms with E-state index in [0.29, 0.717) is 0 Å². The summed E-state index contributed by atoms with van der Waals surface area (Å²) >= 11 is 0. The molecule has 92 valence electrons. The quantitative estimate of drug-likeness (QED) is 0.678. The number of hydrogen-bond donors (Lipinski definition) is 2. The first-order valence-corrected chi connectivity index (χ1v) is 4.87. The lowest BCUT2D eigenvalue weighted by Gasteiger charge is -2.18. The number of likely N-dealkylation sites (N-methyl/N-ethyl adjacent to an activating group) is 1. The van der Waals surface area contributed by atoms with E-state index in [4.69, 9.17) is 5.11 Å². The van der Waals surface area contributed by atoms with Gasteiger partial charge >= 0.3 is 5.97 Å². The molecule has 0 aliphatic rings. The largest absolute Gasteiger partial charge is 0.481 e. The van der Waals surface area contributed by atoms with E-state index in [9.17, 15) is 14.4 Å². The zero-order chi connectivity index (χ0) is 12.9. The highest BCUT2D eigenvalue weighted by Crippen LogP contribution is 2.19. The van der Waals surface area contributed by atoms with Gasteiger partial charge in [0.2, 0.25) is 11.8 Å². The van der Waals surface area contributed by atoms with Gasteiger partial charge in [0, 0.05) is 20.5 Å². The summed E-state index contributed by atoms with van der Waals surface area (Å²) in [5, 5.41) is 11.2. The molecule has 0 aromatic heterocycles. The van der Waals surface area contributed by atoms with Gasteiger partial charge in [0.15, 0.2) is 0 Å². The van der Waals surface area contributed by atoms with E-state index >= 15 is 0 Å². The second kappa shape index (κ2) is 5.48. The minimum Gasteiger partial charge on any atom is -0.481 e. The van der Waals surface area contributed by atoms with E-state index in [-0.39, 0.29) is 18.9 Å². The van der Waals surface area contributed by atoms with Crippen LogP contribution in [0.15, 0.2) is 0 Å². The van der Waals surface area contributed by atoms with E-state index in [1.54, 1.807) is 14.1 Å². The minimum atomic E-state index is -1.12. The van der Waals surface area contributed by atoms with Crippen LogP contribution in [0.2, 0.25) is 0 Å². The third-order valence-corrected chi connectivity index (χ3v) is 2.12. The van der Waals surface area contributed by atoms with E-state index < -0.39 is 17.3 Å². The molecule has 6 heteroatoms. The maximum absolute atomic E-state index is 11.3. The summed E-state index contributed by atoms with van der Waals surface area (Å²) in [6, 6.07) is 0. The summed E-state index contributed by atoms with van der Waals surface area (Å²) in [7, 11) is 3.16. The maximum Gasteiger partial charge on any atom is 0.309 e. The van der Waals surface area contributed by atoms with Gasteiger partial charge in [0.1, 0.15) is 0 Å². The number of hydrogen-bond acceptors (Lipinski definition) is 3. The zero-order valence-electron chi connectivity index (χ0n) is 10.0. The number of carboxylic acids is 1. The number of rotatable bonds is 5. The number of carboxylic acid groups (broad SMARTS) is 1. The first-order chi connectivity index (χ1) is 7.16. The van der Waals surface area contributed by atoms with E-state index in [2.05, 4.69) is 5.32 Å². The smallest absolute Gasteiger partial charge is 0.309 e. The Morgan fingerprint density at radius 1 is 1.25 bits per heavy atom. The van der Waals surface area contributed by atoms with Crippen molar-refractivity contribution >= 4 is 17.8 Å². The van der Waals surface area contributed by atoms with Crippen molar-refractivity contribution in [2.24, 2.45) is 5.41 Å². The zero-order valence-corrected chi connectivity index (χ0v) is 10.0. The third-order valence-electron chi connectivity index (χ3n) is 2.12. The Hall–Kier alpha value is -1.59. The molecule has 0 spiro atoms. The van der Waals surface area contributed by atoms with Crippen LogP contribution in [0.3, 0.4) is 0 Å². The summed E-state index contributed by atoms with van der Waals surface area (Å²) in [6.45, 7) is 2.81. The summed E-state index contributed by atoms with van der Waals surface area (Å²) in [6.07, 6.45) is -0.150. The molecule has 0 aromatic carbocycles. The van der Waals surface area contributed by atoms with Gasteiger partial charge in [-0.2, -0.15) is 0 Å². The molecule has 0 fully saturated rings. The number of nitrogens with zero attached hydrogens (tertiary/aromatic N) is 1. The fourth-order valence-corrected chi connectivity index (χ4v) is 0.872. The van der Waals surface area contributed by atoms with Crippen LogP contribution in [0.1, 0.15) is 20.3 Å². The Morgan fingerprint density at radius 2 is 1.75 bits per heavy atom. The molecule has 0 unspecified atom stereocenters. The first kappa shape index (κ1) is 14.4. The molecule has 0 bridgehead atoms. The molecule has 0 aliphatic carbocycles. The normalized spacial score (nSPS) is 10.8. The summed E-state index contributed by atoms with van der Waals surface area (Å²) in [5.74, 6) is -1.72. The Bertz CT molecular complexity index is 297. The standard InChI is InChI=1S/C10H18N2O4/c1-10(2,9(15)16)5-7(13)11-6-8(14)12(3)4/h5-6H2,1-4H3,(H,11,13)(H,15,16). The molecule has 0 aliphatic heterocycles. The molecule has 0 rings (SSSR count). The molecule has 0 saturated carbocycles. The van der Waals surface area contributed by atoms with Gasteiger partial charge in [-0.15, -0.1) is 0 Å². The van der Waals surface area contributed by atoms with Gasteiger partial charge in [-0.1, -0.05) is 0 Å². The van der Waals surface area contributed by atoms with Gasteiger partial charge in [0.25, 0.3) is 0 Å². The Labute approximate surface area is 94.6 Å². The van der Waals surface area contributed by atoms with Crippen molar-refractivity contribution in [3.8, 4) is 0 Å². The monoisotopic (exact) mass is 230 g/mol. The highest BCUT2D eigenvalue weighted by atomic mass is 16.4. The molecule has 0 radical (unpaired) electrons. The van der Waals surface area contributed by atoms with Crippen molar-refractivity contribution in [2.75, 3.05) is 20.6 Å². The molecule has 0 aromatic rings. The second-order valence-electron chi connectivity index (χ2n) is 4.43. The number of amides is 2. The van der Waals surface area contributed by atoms with E-state index in [1.807, 2.05) is 0 Å². The lowest BCUT2D eigenvalue weighted by molar-refractivity contribution is -0.149. The van der Waals surface area contributed by atoms with Crippen molar-refractivity contribution in [1.29, 1.82) is 0 Å². The first-order valence-electron chi connectivity index (χ1n) is 4.87. The average molecular weight is 230 g/mol. The Morgan fingerprint density at radius 3 is 2.12 bits per heavy atom. The highest BCUT2D eigenvalue weighted by Gasteiger charge is 2.30. The predicted octanol–water partition coefficient (Wildman–Crippen LogP) is -0.308. The van der Waals surface area contributed by atoms with Gasteiger partial charge < -0.3 is 15.3 Å². The SMILES string of the molecule is CN(C)C(=O)CNC(=O)CC(C)(C)C(=O)O. The van der Waals surface area contributed by atoms with Crippen LogP contribution >= 0.6 is 0 Å². The van der Waals surface area contributed by atoms with Crippen LogP contribution in [-0.2, 0) is 14.4 Å². The topological polar surface area (TPSA) is 86.7 Å². The predicted molar refractivity (Wildman–Crippen MR) is 57.7 cm³/mol. The van der Waals surface area contributed by atoms with Crippen LogP contribution in [0.4, 0.5) is 0 Å². The molecule has 6 nitrogen and oxygen atoms in total. The maximum atomic E-state index is 11.3. The second-order valence-corrected chi connectivity index (χ2v) is 4.43. The summed E-state index contributed by atoms with van der Waals surface area (Å²) < 4.78 is 0. The minimum absolute atomic E-state index is 0.110. The Balaban J connectivity index is 4.11. The van der Waals surface area contributed by atoms with Crippen molar-refractivity contribution in [2.45, 2.75) is 20.3 Å². The number of aliphatic carboxylic acids is 1. The van der Waals surface area contributed by atoms with Crippen LogP contribution in [-0.4, -0.2) is 48.4 Å². The van der Waals surface area contributed by atoms with E-state index in [1.165, 1.54) is 18.7 Å². The van der Waals surface area contributed by atoms with Gasteiger partial charge in [-0.05, 0) is 13.8 Å². The van der Waals surface area contributed by atoms with Gasteiger partial charge in [0.05, 0.1) is 12.0 Å². The number of nitrogens with one attached hydrogen (secondary N) is 1. The molecular weight excluding hydrogens is 212 g/mol. The molecule has 0 saturated heterocycles. The van der Waals surface area contributed by atoms with Crippen LogP contribution < -0.4 is 5.32 Å². The molecular formula is C10H18N2O4. The van der Waals surface area contributed by atoms with Crippen molar-refractivity contribution in [1.82, 2.24) is 10.2 Å². The third kappa shape index (κ3) is 4.77. The molecule has 0 atom stereocenters. The lowest BCUT2D eigenvalue weighted by atomic mass is 9.89. The number of carbonyl (C=O) groups is 3. The number of carbonyl (C=O) groups excluding carboxylic acids is 2. The van der Waals surface area contributed by atoms with Crippen LogP contribution in [0.5, 0.6) is 0 Å². The molecule has 2 amide bonds. The molecule has 0 heterocycles. The molecule has 2 N–H and O–H groups in total. The van der Waals surface area contributed by atoms with E-state index in [0.717, 1.165) is 0 Å². The highest BCUT2D eigenvalue weighted by molar-refractivity contribution is 5.87. The summed E-state index contributed by atoms with van der Waals surface area (Å²) in [4.78, 5) is 34.6. The van der Waals surface area contributed by atoms with Crippen molar-refractivity contribution < 1.29 is 19.5 Å². The Kier molecular flexibility index (Phi) is 4.94. The van der Waals surface area contributed by atoms with Crippen LogP contribution in [0, 0.1) is 5.41 Å². The summed E-state index contributed by atoms with van der Waals surface area (Å²) in [5.41, 5.74) is -1.12. The van der Waals surface area contributed by atoms with Crippen molar-refractivity contribution in [3.05, 3.63) is 0 Å². The van der Waals surface area contributed by atoms with Crippen LogP contribution in [0.25, 0.3) is 0 Å². The van der Waals surface area contributed by atoms with Crippen molar-refractivity contribution in [3.63, 3.8) is 0 Å². The average Bonchev–Trinajstić information content (AvgIpc) is 2.12. The van der Waals surface area contributed by atoms with Gasteiger partial charge in [-0.3, -0.25) is 14.4 Å². The molecule has 16 heavy (non-hydrogen) atoms. The fourth-order valence-electron chi connectivity index (χ4n) is 0.872. The van der Waals surface area contributed by atoms with Gasteiger partial charge in [-0.25, -0.2) is 0 Å². The fraction of sp³-hybridized carbons (Fsp3) is 0.700.